The molecule has 0 heterocycles. The number of nitrogens with one attached hydrogen (secondary N) is 2. The molecule has 0 bridgehead atoms. The minimum Gasteiger partial charge on any atom is -0.298 e. The summed E-state index contributed by atoms with van der Waals surface area (Å²) < 4.78 is 0. The molecule has 25 heavy (non-hydrogen) atoms. The molecule has 0 spiro atoms. The van der Waals surface area contributed by atoms with Gasteiger partial charge in [-0.05, 0) is 35.7 Å². The monoisotopic (exact) mass is 328 g/mol. The van der Waals surface area contributed by atoms with Crippen molar-refractivity contribution in [3.63, 3.8) is 0 Å². The molecule has 0 unspecified atom stereocenters. The summed E-state index contributed by atoms with van der Waals surface area (Å²) in [5, 5.41) is 0. The highest BCUT2D eigenvalue weighted by atomic mass is 16.2. The molecule has 0 atom stereocenters. The van der Waals surface area contributed by atoms with Gasteiger partial charge >= 0.3 is 0 Å². The quantitative estimate of drug-likeness (QED) is 0.674. The van der Waals surface area contributed by atoms with Gasteiger partial charge in [0.1, 0.15) is 0 Å². The molecule has 0 saturated heterocycles. The maximum absolute atomic E-state index is 12.2. The van der Waals surface area contributed by atoms with Crippen molar-refractivity contribution in [2.24, 2.45) is 0 Å². The van der Waals surface area contributed by atoms with Crippen molar-refractivity contribution >= 4 is 11.6 Å². The van der Waals surface area contributed by atoms with Gasteiger partial charge in [0, 0.05) is 5.56 Å². The SMILES string of the molecule is C=C(NNC(=O)c1cccc(C)c1)c1ccc(-c2ccccc2)cc1. The number of amides is 1. The number of hydrogen-bond donors (Lipinski definition) is 2. The summed E-state index contributed by atoms with van der Waals surface area (Å²) in [6, 6.07) is 25.7. The number of hydrazine groups is 1. The molecular weight excluding hydrogens is 308 g/mol. The fraction of sp³-hybridized carbons (Fsp3) is 0.0455. The molecule has 0 aromatic heterocycles. The summed E-state index contributed by atoms with van der Waals surface area (Å²) in [6.45, 7) is 5.94. The smallest absolute Gasteiger partial charge is 0.269 e. The molecule has 3 aromatic rings. The fourth-order valence-electron chi connectivity index (χ4n) is 2.56. The Labute approximate surface area is 148 Å². The Morgan fingerprint density at radius 3 is 2.12 bits per heavy atom. The van der Waals surface area contributed by atoms with Gasteiger partial charge in [-0.2, -0.15) is 0 Å². The third kappa shape index (κ3) is 4.15. The Kier molecular flexibility index (Phi) is 4.95. The summed E-state index contributed by atoms with van der Waals surface area (Å²) in [5.74, 6) is -0.189. The average molecular weight is 328 g/mol. The van der Waals surface area contributed by atoms with Crippen molar-refractivity contribution in [1.82, 2.24) is 10.9 Å². The third-order valence-corrected chi connectivity index (χ3v) is 3.95. The summed E-state index contributed by atoms with van der Waals surface area (Å²) >= 11 is 0. The van der Waals surface area contributed by atoms with E-state index in [0.29, 0.717) is 11.3 Å². The first-order valence-electron chi connectivity index (χ1n) is 8.11. The van der Waals surface area contributed by atoms with Crippen LogP contribution in [-0.4, -0.2) is 5.91 Å². The second-order valence-electron chi connectivity index (χ2n) is 5.87. The van der Waals surface area contributed by atoms with Gasteiger partial charge in [-0.15, -0.1) is 0 Å². The molecule has 3 aromatic carbocycles. The Balaban J connectivity index is 1.63. The lowest BCUT2D eigenvalue weighted by atomic mass is 10.0. The van der Waals surface area contributed by atoms with Gasteiger partial charge in [0.15, 0.2) is 0 Å². The normalized spacial score (nSPS) is 10.1. The van der Waals surface area contributed by atoms with Crippen molar-refractivity contribution in [3.05, 3.63) is 102 Å². The molecule has 124 valence electrons. The van der Waals surface area contributed by atoms with E-state index in [1.165, 1.54) is 5.56 Å². The van der Waals surface area contributed by atoms with Crippen LogP contribution in [0.25, 0.3) is 16.8 Å². The standard InChI is InChI=1S/C22H20N2O/c1-16-7-6-10-21(15-16)22(25)24-23-17(2)18-11-13-20(14-12-18)19-8-4-3-5-9-19/h3-15,23H,2H2,1H3,(H,24,25). The number of rotatable bonds is 5. The number of carbonyl (C=O) groups excluding carboxylic acids is 1. The lowest BCUT2D eigenvalue weighted by Gasteiger charge is -2.12. The van der Waals surface area contributed by atoms with Crippen LogP contribution in [-0.2, 0) is 0 Å². The summed E-state index contributed by atoms with van der Waals surface area (Å²) in [4.78, 5) is 12.2. The molecule has 2 N–H and O–H groups in total. The second-order valence-corrected chi connectivity index (χ2v) is 5.87. The van der Waals surface area contributed by atoms with Crippen molar-refractivity contribution < 1.29 is 4.79 Å². The lowest BCUT2D eigenvalue weighted by Crippen LogP contribution is -2.35. The molecule has 0 radical (unpaired) electrons. The first-order valence-corrected chi connectivity index (χ1v) is 8.11. The summed E-state index contributed by atoms with van der Waals surface area (Å²) in [7, 11) is 0. The van der Waals surface area contributed by atoms with Crippen molar-refractivity contribution in [2.45, 2.75) is 6.92 Å². The van der Waals surface area contributed by atoms with Gasteiger partial charge in [-0.3, -0.25) is 15.6 Å². The number of hydrogen-bond acceptors (Lipinski definition) is 2. The van der Waals surface area contributed by atoms with Gasteiger partial charge in [-0.1, -0.05) is 78.9 Å². The van der Waals surface area contributed by atoms with Gasteiger partial charge in [0.05, 0.1) is 5.70 Å². The van der Waals surface area contributed by atoms with E-state index in [1.807, 2.05) is 67.6 Å². The van der Waals surface area contributed by atoms with Crippen molar-refractivity contribution in [2.75, 3.05) is 0 Å². The van der Waals surface area contributed by atoms with E-state index in [4.69, 9.17) is 0 Å². The Morgan fingerprint density at radius 2 is 1.44 bits per heavy atom. The highest BCUT2D eigenvalue weighted by Crippen LogP contribution is 2.20. The molecular formula is C22H20N2O. The molecule has 3 heteroatoms. The zero-order valence-electron chi connectivity index (χ0n) is 14.1. The van der Waals surface area contributed by atoms with E-state index in [1.54, 1.807) is 6.07 Å². The fourth-order valence-corrected chi connectivity index (χ4v) is 2.56. The molecule has 1 amide bonds. The highest BCUT2D eigenvalue weighted by molar-refractivity contribution is 5.94. The molecule has 0 saturated carbocycles. The van der Waals surface area contributed by atoms with Crippen LogP contribution in [0, 0.1) is 6.92 Å². The van der Waals surface area contributed by atoms with Crippen LogP contribution in [0.3, 0.4) is 0 Å². The highest BCUT2D eigenvalue weighted by Gasteiger charge is 2.06. The molecule has 0 aliphatic heterocycles. The Bertz CT molecular complexity index is 883. The van der Waals surface area contributed by atoms with E-state index in [-0.39, 0.29) is 5.91 Å². The van der Waals surface area contributed by atoms with Crippen molar-refractivity contribution in [3.8, 4) is 11.1 Å². The first-order chi connectivity index (χ1) is 12.1. The summed E-state index contributed by atoms with van der Waals surface area (Å²) in [5.41, 5.74) is 11.1. The van der Waals surface area contributed by atoms with Crippen LogP contribution in [0.4, 0.5) is 0 Å². The molecule has 0 aliphatic rings. The number of carbonyl (C=O) groups is 1. The van der Waals surface area contributed by atoms with Crippen LogP contribution in [0.15, 0.2) is 85.4 Å². The maximum Gasteiger partial charge on any atom is 0.269 e. The lowest BCUT2D eigenvalue weighted by molar-refractivity contribution is 0.0942. The van der Waals surface area contributed by atoms with Crippen molar-refractivity contribution in [1.29, 1.82) is 0 Å². The van der Waals surface area contributed by atoms with Crippen LogP contribution in [0.1, 0.15) is 21.5 Å². The maximum atomic E-state index is 12.2. The van der Waals surface area contributed by atoms with E-state index < -0.39 is 0 Å². The van der Waals surface area contributed by atoms with Gasteiger partial charge < -0.3 is 0 Å². The third-order valence-electron chi connectivity index (χ3n) is 3.95. The van der Waals surface area contributed by atoms with Crippen LogP contribution in [0.5, 0.6) is 0 Å². The average Bonchev–Trinajstić information content (AvgIpc) is 2.66. The molecule has 0 fully saturated rings. The van der Waals surface area contributed by atoms with Gasteiger partial charge in [-0.25, -0.2) is 0 Å². The van der Waals surface area contributed by atoms with Gasteiger partial charge in [0.25, 0.3) is 5.91 Å². The Hall–Kier alpha value is -3.33. The topological polar surface area (TPSA) is 41.1 Å². The van der Waals surface area contributed by atoms with E-state index >= 15 is 0 Å². The zero-order valence-corrected chi connectivity index (χ0v) is 14.1. The van der Waals surface area contributed by atoms with E-state index in [9.17, 15) is 4.79 Å². The van der Waals surface area contributed by atoms with E-state index in [2.05, 4.69) is 29.6 Å². The minimum absolute atomic E-state index is 0.189. The first kappa shape index (κ1) is 16.5. The minimum atomic E-state index is -0.189. The molecule has 3 rings (SSSR count). The van der Waals surface area contributed by atoms with Crippen LogP contribution in [0.2, 0.25) is 0 Å². The largest absolute Gasteiger partial charge is 0.298 e. The second kappa shape index (κ2) is 7.49. The van der Waals surface area contributed by atoms with Gasteiger partial charge in [0.2, 0.25) is 0 Å². The molecule has 3 nitrogen and oxygen atoms in total. The van der Waals surface area contributed by atoms with Crippen LogP contribution >= 0.6 is 0 Å². The predicted molar refractivity (Wildman–Crippen MR) is 103 cm³/mol. The number of aryl methyl sites for hydroxylation is 1. The van der Waals surface area contributed by atoms with Crippen LogP contribution < -0.4 is 10.9 Å². The molecule has 0 aliphatic carbocycles. The predicted octanol–water partition coefficient (Wildman–Crippen LogP) is 4.57. The summed E-state index contributed by atoms with van der Waals surface area (Å²) in [6.07, 6.45) is 0. The number of benzene rings is 3. The van der Waals surface area contributed by atoms with E-state index in [0.717, 1.165) is 16.7 Å². The Morgan fingerprint density at radius 1 is 0.760 bits per heavy atom. The zero-order chi connectivity index (χ0) is 17.6.